The number of fused-ring (bicyclic) bond motifs is 4. The van der Waals surface area contributed by atoms with Crippen LogP contribution in [0.5, 0.6) is 0 Å². The molecule has 18 nitrogen and oxygen atoms in total. The van der Waals surface area contributed by atoms with E-state index in [1.54, 1.807) is 32.0 Å². The minimum absolute atomic E-state index is 0. The van der Waals surface area contributed by atoms with E-state index >= 15 is 0 Å². The molecule has 0 bridgehead atoms. The predicted molar refractivity (Wildman–Crippen MR) is 381 cm³/mol. The summed E-state index contributed by atoms with van der Waals surface area (Å²) in [5, 5.41) is 12.5. The maximum atomic E-state index is 8.46. The summed E-state index contributed by atoms with van der Waals surface area (Å²) in [6.07, 6.45) is 9.32. The third kappa shape index (κ3) is 14.9. The topological polar surface area (TPSA) is 177 Å². The van der Waals surface area contributed by atoms with Crippen LogP contribution in [0, 0.1) is 62.5 Å². The van der Waals surface area contributed by atoms with Gasteiger partial charge < -0.3 is 62.9 Å². The van der Waals surface area contributed by atoms with Crippen LogP contribution in [0.25, 0.3) is 22.3 Å². The van der Waals surface area contributed by atoms with E-state index in [1.807, 2.05) is 65.8 Å². The molecule has 0 spiro atoms. The molecule has 0 atom stereocenters. The normalized spacial score (nSPS) is 16.3. The van der Waals surface area contributed by atoms with Crippen LogP contribution in [0.15, 0.2) is 85.7 Å². The average Bonchev–Trinajstić information content (AvgIpc) is 1.55. The van der Waals surface area contributed by atoms with Gasteiger partial charge in [0, 0.05) is 52.1 Å². The second kappa shape index (κ2) is 30.2. The van der Waals surface area contributed by atoms with Gasteiger partial charge in [-0.3, -0.25) is 0 Å². The summed E-state index contributed by atoms with van der Waals surface area (Å²) in [7, 11) is 0. The molecule has 0 saturated carbocycles. The number of nitrogens with zero attached hydrogens (tertiary/aromatic N) is 18. The third-order valence-electron chi connectivity index (χ3n) is 16.6. The zero-order chi connectivity index (χ0) is 78.7. The second-order valence-electron chi connectivity index (χ2n) is 27.5. The van der Waals surface area contributed by atoms with Gasteiger partial charge in [-0.1, -0.05) is 149 Å². The Morgan fingerprint density at radius 1 is 0.375 bits per heavy atom. The third-order valence-corrected chi connectivity index (χ3v) is 16.6. The van der Waals surface area contributed by atoms with Crippen molar-refractivity contribution in [3.8, 4) is 22.3 Å². The molecule has 12 rings (SSSR count). The van der Waals surface area contributed by atoms with Gasteiger partial charge >= 0.3 is 42.1 Å². The summed E-state index contributed by atoms with van der Waals surface area (Å²) in [6.45, 7) is 43.5. The number of benzene rings is 4. The Labute approximate surface area is 617 Å². The summed E-state index contributed by atoms with van der Waals surface area (Å²) in [4.78, 5) is 48.3. The second-order valence-corrected chi connectivity index (χ2v) is 27.5. The fourth-order valence-corrected chi connectivity index (χ4v) is 11.5. The SMILES string of the molecule is [2H]C([2H])([2H])N1[CH-]N(c2[c-]c(N3[CH-]N(C([2H])([2H])[2H])c4nc(C(C)(C)C)cnc43)cc(-c3c(C(C)C)cc(C(C)C)cc3C(C)C)c2)c2ncc(C(C)(C)C)nc21.[2H]C([2H])([2H])N1[CH-]N(c2[c-]c(N3[CH-]N(C([2H])([2H])[2H])c4nccnc43)cc(-c3c(C(C)C)cc(C(C)C)cc3C(C)C)c2)c2nccnc21.[C-]#N.[C-]#N.[Pt+4].[Pt+4]. The van der Waals surface area contributed by atoms with E-state index in [0.717, 1.165) is 32.1 Å². The molecule has 0 fully saturated rings. The number of hydrogen-bond donors (Lipinski definition) is 0. The van der Waals surface area contributed by atoms with Gasteiger partial charge in [-0.2, -0.15) is 0 Å². The van der Waals surface area contributed by atoms with Crippen molar-refractivity contribution >= 4 is 69.3 Å². The van der Waals surface area contributed by atoms with Gasteiger partial charge in [-0.15, -0.1) is 96.9 Å². The van der Waals surface area contributed by atoms with Crippen molar-refractivity contribution in [3.63, 3.8) is 0 Å². The van der Waals surface area contributed by atoms with Gasteiger partial charge in [0.15, 0.2) is 0 Å². The molecule has 4 aromatic carbocycles. The van der Waals surface area contributed by atoms with E-state index < -0.39 is 27.9 Å². The molecule has 96 heavy (non-hydrogen) atoms. The Hall–Kier alpha value is -8.04. The van der Waals surface area contributed by atoms with Crippen LogP contribution in [-0.4, -0.2) is 67.8 Å². The van der Waals surface area contributed by atoms with Crippen LogP contribution < -0.4 is 39.2 Å². The van der Waals surface area contributed by atoms with Crippen LogP contribution >= 0.6 is 0 Å². The molecule has 504 valence electrons. The Balaban J connectivity index is 0.000000285. The maximum Gasteiger partial charge on any atom is 4.00 e. The largest absolute Gasteiger partial charge is 4.00 e. The number of hydrogen-bond acceptors (Lipinski definition) is 18. The van der Waals surface area contributed by atoms with Crippen LogP contribution in [0.1, 0.15) is 221 Å². The first-order valence-corrected chi connectivity index (χ1v) is 31.4. The monoisotopic (exact) mass is 1660 g/mol. The molecule has 0 saturated heterocycles. The van der Waals surface area contributed by atoms with Gasteiger partial charge in [0.2, 0.25) is 0 Å². The van der Waals surface area contributed by atoms with Crippen molar-refractivity contribution < 1.29 is 58.6 Å². The van der Waals surface area contributed by atoms with Crippen LogP contribution in [0.2, 0.25) is 0 Å². The van der Waals surface area contributed by atoms with Gasteiger partial charge in [0.1, 0.15) is 46.5 Å². The average molecular weight is 1660 g/mol. The number of anilines is 12. The van der Waals surface area contributed by atoms with Crippen molar-refractivity contribution in [2.45, 2.75) is 171 Å². The van der Waals surface area contributed by atoms with Gasteiger partial charge in [0.05, 0.1) is 23.8 Å². The molecule has 0 radical (unpaired) electrons. The van der Waals surface area contributed by atoms with Crippen LogP contribution in [-0.2, 0) is 53.0 Å². The molecule has 4 aliphatic rings. The van der Waals surface area contributed by atoms with E-state index in [1.165, 1.54) is 94.6 Å². The van der Waals surface area contributed by atoms with Crippen molar-refractivity contribution in [1.82, 2.24) is 39.9 Å². The Bertz CT molecular complexity index is 4320. The number of rotatable bonds is 12. The molecule has 0 N–H and O–H groups in total. The van der Waals surface area contributed by atoms with Crippen molar-refractivity contribution in [2.75, 3.05) is 67.1 Å². The Morgan fingerprint density at radius 3 is 0.865 bits per heavy atom. The molecule has 8 aromatic rings. The van der Waals surface area contributed by atoms with Gasteiger partial charge in [0.25, 0.3) is 0 Å². The summed E-state index contributed by atoms with van der Waals surface area (Å²) < 4.78 is 99.8. The van der Waals surface area contributed by atoms with E-state index in [4.69, 9.17) is 60.1 Å². The maximum absolute atomic E-state index is 8.46. The standard InChI is InChI=1S/C41H53N8.C33H37N8.2CN.2Pt/c1-24(2)27-17-31(25(3)4)35(32(18-27)26(5)6)28-15-29(48-22-46(13)38-36(48)42-20-33(44-38)40(7,8)9)19-30(16-28)49-23-47(14)39-37(49)43-21-34(45-39)41(10,11)12;1-20(2)23-15-27(21(3)4)29(28(16-23)22(5)6)24-13-25(40-18-38(7)30-32(40)36-11-9-34-30)17-26(14-24)41-19-39(8)31-33(41)37-12-10-35-31;2*1-2;;/h15-18,20-26H,1-14H3;9-16,18-22H,1-8H3;;;;/q2*-3;2*-1;2*+4/i13D3,14D3;7D3,8D3;;;;. The van der Waals surface area contributed by atoms with Crippen molar-refractivity contribution in [2.24, 2.45) is 0 Å². The van der Waals surface area contributed by atoms with Crippen LogP contribution in [0.3, 0.4) is 0 Å². The van der Waals surface area contributed by atoms with E-state index in [-0.39, 0.29) is 99.9 Å². The first-order chi connectivity index (χ1) is 49.3. The summed E-state index contributed by atoms with van der Waals surface area (Å²) in [5.41, 5.74) is 13.6. The molecular weight excluding hydrogens is 1560 g/mol. The van der Waals surface area contributed by atoms with E-state index in [9.17, 15) is 0 Å². The smallest absolute Gasteiger partial charge is 0.512 e. The first kappa shape index (κ1) is 59.2. The number of aromatic nitrogens is 8. The quantitative estimate of drug-likeness (QED) is 0.105. The first-order valence-electron chi connectivity index (χ1n) is 37.4. The van der Waals surface area contributed by atoms with E-state index in [0.29, 0.717) is 69.2 Å². The van der Waals surface area contributed by atoms with Gasteiger partial charge in [-0.25, -0.2) is 39.9 Å². The Kier molecular flexibility index (Phi) is 18.6. The minimum Gasteiger partial charge on any atom is -0.512 e. The van der Waals surface area contributed by atoms with Crippen molar-refractivity contribution in [1.29, 1.82) is 10.5 Å². The molecule has 4 aliphatic heterocycles. The summed E-state index contributed by atoms with van der Waals surface area (Å²) in [5.74, 6) is 3.52. The summed E-state index contributed by atoms with van der Waals surface area (Å²) >= 11 is 0. The fraction of sp³-hybridized carbons (Fsp3) is 0.395. The molecule has 20 heteroatoms. The molecule has 0 aliphatic carbocycles. The molecule has 8 heterocycles. The Morgan fingerprint density at radius 2 is 0.625 bits per heavy atom. The zero-order valence-electron chi connectivity index (χ0n) is 69.5. The van der Waals surface area contributed by atoms with Gasteiger partial charge in [-0.05, 0) is 108 Å². The molecule has 0 unspecified atom stereocenters. The minimum atomic E-state index is -2.56. The summed E-state index contributed by atoms with van der Waals surface area (Å²) in [6, 6.07) is 24.0. The van der Waals surface area contributed by atoms with Crippen LogP contribution in [0.4, 0.5) is 69.3 Å². The predicted octanol–water partition coefficient (Wildman–Crippen LogP) is 17.8. The molecule has 0 amide bonds. The van der Waals surface area contributed by atoms with Crippen molar-refractivity contribution in [3.05, 3.63) is 182 Å². The fourth-order valence-electron chi connectivity index (χ4n) is 11.5. The zero-order valence-corrected chi connectivity index (χ0v) is 62.1. The van der Waals surface area contributed by atoms with E-state index in [2.05, 4.69) is 139 Å². The molecular formula is C76H90N18Pt2. The molecule has 4 aromatic heterocycles.